The second-order valence-corrected chi connectivity index (χ2v) is 3.43. The average Bonchev–Trinajstić information content (AvgIpc) is 2.66. The topological polar surface area (TPSA) is 97.6 Å². The molecule has 16 heavy (non-hydrogen) atoms. The van der Waals surface area contributed by atoms with Gasteiger partial charge in [-0.15, -0.1) is 0 Å². The number of nitrogens with zero attached hydrogens (tertiary/aromatic N) is 3. The van der Waals surface area contributed by atoms with Crippen molar-refractivity contribution in [1.82, 2.24) is 20.2 Å². The zero-order valence-corrected chi connectivity index (χ0v) is 8.98. The smallest absolute Gasteiger partial charge is 0.196 e. The van der Waals surface area contributed by atoms with E-state index in [0.29, 0.717) is 11.6 Å². The van der Waals surface area contributed by atoms with Crippen molar-refractivity contribution < 1.29 is 4.79 Å². The first kappa shape index (κ1) is 10.3. The highest BCUT2D eigenvalue weighted by atomic mass is 16.1. The van der Waals surface area contributed by atoms with Crippen LogP contribution in [0.3, 0.4) is 0 Å². The molecule has 0 aliphatic rings. The van der Waals surface area contributed by atoms with E-state index in [9.17, 15) is 4.79 Å². The largest absolute Gasteiger partial charge is 0.384 e. The maximum absolute atomic E-state index is 11.1. The number of hydrogen-bond donors (Lipinski definition) is 2. The normalized spacial score (nSPS) is 10.4. The Labute approximate surface area is 91.9 Å². The number of aromatic nitrogens is 4. The molecule has 0 aliphatic carbocycles. The maximum atomic E-state index is 11.1. The molecule has 0 fully saturated rings. The number of Topliss-reactive ketones (excluding diaryl/α,β-unsaturated/α-hetero) is 1. The lowest BCUT2D eigenvalue weighted by Gasteiger charge is -2.00. The standard InChI is InChI=1S/C10H11N5O/c1-5-7(3-4-8(11)12-5)10-13-9(6(2)16)14-15-10/h3-4H,1-2H3,(H2,11,12)(H,13,14,15). The summed E-state index contributed by atoms with van der Waals surface area (Å²) in [5.74, 6) is 0.991. The summed E-state index contributed by atoms with van der Waals surface area (Å²) in [5.41, 5.74) is 7.04. The summed E-state index contributed by atoms with van der Waals surface area (Å²) < 4.78 is 0. The van der Waals surface area contributed by atoms with Gasteiger partial charge < -0.3 is 5.73 Å². The van der Waals surface area contributed by atoms with E-state index in [1.807, 2.05) is 6.92 Å². The van der Waals surface area contributed by atoms with Crippen LogP contribution in [0.25, 0.3) is 11.4 Å². The van der Waals surface area contributed by atoms with E-state index in [2.05, 4.69) is 20.2 Å². The van der Waals surface area contributed by atoms with Gasteiger partial charge >= 0.3 is 0 Å². The van der Waals surface area contributed by atoms with E-state index in [1.165, 1.54) is 6.92 Å². The van der Waals surface area contributed by atoms with Crippen molar-refractivity contribution in [1.29, 1.82) is 0 Å². The van der Waals surface area contributed by atoms with Crippen molar-refractivity contribution >= 4 is 11.6 Å². The second-order valence-electron chi connectivity index (χ2n) is 3.43. The summed E-state index contributed by atoms with van der Waals surface area (Å²) in [4.78, 5) is 19.2. The van der Waals surface area contributed by atoms with E-state index < -0.39 is 0 Å². The average molecular weight is 217 g/mol. The summed E-state index contributed by atoms with van der Waals surface area (Å²) in [6.07, 6.45) is 0. The van der Waals surface area contributed by atoms with Gasteiger partial charge in [0.2, 0.25) is 0 Å². The van der Waals surface area contributed by atoms with Gasteiger partial charge in [0.05, 0.1) is 5.69 Å². The monoisotopic (exact) mass is 217 g/mol. The Balaban J connectivity index is 2.46. The number of nitrogen functional groups attached to an aromatic ring is 1. The lowest BCUT2D eigenvalue weighted by atomic mass is 10.2. The van der Waals surface area contributed by atoms with Gasteiger partial charge in [-0.2, -0.15) is 5.10 Å². The number of hydrogen-bond acceptors (Lipinski definition) is 5. The third-order valence-electron chi connectivity index (χ3n) is 2.17. The number of H-pyrrole nitrogens is 1. The molecule has 2 rings (SSSR count). The summed E-state index contributed by atoms with van der Waals surface area (Å²) >= 11 is 0. The first-order valence-corrected chi connectivity index (χ1v) is 4.75. The van der Waals surface area contributed by atoms with Crippen molar-refractivity contribution in [3.05, 3.63) is 23.7 Å². The van der Waals surface area contributed by atoms with Gasteiger partial charge in [-0.1, -0.05) is 0 Å². The first-order chi connectivity index (χ1) is 7.58. The van der Waals surface area contributed by atoms with E-state index in [4.69, 9.17) is 5.73 Å². The van der Waals surface area contributed by atoms with Crippen molar-refractivity contribution in [3.63, 3.8) is 0 Å². The molecule has 0 bridgehead atoms. The molecule has 0 radical (unpaired) electrons. The Morgan fingerprint density at radius 3 is 2.69 bits per heavy atom. The molecule has 3 N–H and O–H groups in total. The van der Waals surface area contributed by atoms with Crippen LogP contribution in [0.5, 0.6) is 0 Å². The quantitative estimate of drug-likeness (QED) is 0.730. The van der Waals surface area contributed by atoms with Crippen LogP contribution in [0.15, 0.2) is 12.1 Å². The molecular formula is C10H11N5O. The summed E-state index contributed by atoms with van der Waals surface area (Å²) in [6, 6.07) is 3.46. The third-order valence-corrected chi connectivity index (χ3v) is 2.17. The molecule has 6 heteroatoms. The molecule has 0 aliphatic heterocycles. The van der Waals surface area contributed by atoms with Gasteiger partial charge in [-0.05, 0) is 19.1 Å². The van der Waals surface area contributed by atoms with Gasteiger partial charge in [-0.25, -0.2) is 9.97 Å². The third kappa shape index (κ3) is 1.77. The number of nitrogens with one attached hydrogen (secondary N) is 1. The van der Waals surface area contributed by atoms with Crippen molar-refractivity contribution in [2.45, 2.75) is 13.8 Å². The Kier molecular flexibility index (Phi) is 2.40. The number of nitrogens with two attached hydrogens (primary N) is 1. The SMILES string of the molecule is CC(=O)c1nc(-c2ccc(N)nc2C)n[nH]1. The van der Waals surface area contributed by atoms with Crippen molar-refractivity contribution in [3.8, 4) is 11.4 Å². The van der Waals surface area contributed by atoms with Crippen LogP contribution in [-0.4, -0.2) is 25.9 Å². The predicted octanol–water partition coefficient (Wildman–Crippen LogP) is 0.960. The molecule has 2 heterocycles. The highest BCUT2D eigenvalue weighted by Gasteiger charge is 2.11. The van der Waals surface area contributed by atoms with Crippen LogP contribution in [0.2, 0.25) is 0 Å². The molecule has 0 saturated heterocycles. The number of carbonyl (C=O) groups excluding carboxylic acids is 1. The molecule has 0 unspecified atom stereocenters. The molecule has 0 atom stereocenters. The lowest BCUT2D eigenvalue weighted by Crippen LogP contribution is -1.96. The fraction of sp³-hybridized carbons (Fsp3) is 0.200. The Morgan fingerprint density at radius 1 is 1.38 bits per heavy atom. The highest BCUT2D eigenvalue weighted by Crippen LogP contribution is 2.18. The minimum atomic E-state index is -0.153. The molecule has 82 valence electrons. The van der Waals surface area contributed by atoms with E-state index in [0.717, 1.165) is 11.3 Å². The summed E-state index contributed by atoms with van der Waals surface area (Å²) in [5, 5.41) is 6.54. The number of anilines is 1. The van der Waals surface area contributed by atoms with Crippen LogP contribution < -0.4 is 5.73 Å². The van der Waals surface area contributed by atoms with Crippen LogP contribution >= 0.6 is 0 Å². The van der Waals surface area contributed by atoms with E-state index in [-0.39, 0.29) is 11.6 Å². The lowest BCUT2D eigenvalue weighted by molar-refractivity contribution is 0.100. The number of aromatic amines is 1. The molecule has 6 nitrogen and oxygen atoms in total. The van der Waals surface area contributed by atoms with Crippen molar-refractivity contribution in [2.24, 2.45) is 0 Å². The van der Waals surface area contributed by atoms with Gasteiger partial charge in [0.15, 0.2) is 17.4 Å². The molecular weight excluding hydrogens is 206 g/mol. The molecule has 0 saturated carbocycles. The minimum absolute atomic E-state index is 0.153. The predicted molar refractivity (Wildman–Crippen MR) is 58.8 cm³/mol. The van der Waals surface area contributed by atoms with Gasteiger partial charge in [-0.3, -0.25) is 9.89 Å². The maximum Gasteiger partial charge on any atom is 0.196 e. The molecule has 0 aromatic carbocycles. The summed E-state index contributed by atoms with van der Waals surface area (Å²) in [6.45, 7) is 3.24. The van der Waals surface area contributed by atoms with Gasteiger partial charge in [0.1, 0.15) is 5.82 Å². The van der Waals surface area contributed by atoms with Crippen LogP contribution in [0.1, 0.15) is 23.2 Å². The zero-order valence-electron chi connectivity index (χ0n) is 8.98. The zero-order chi connectivity index (χ0) is 11.7. The number of ketones is 1. The molecule has 0 amide bonds. The number of rotatable bonds is 2. The second kappa shape index (κ2) is 3.73. The fourth-order valence-electron chi connectivity index (χ4n) is 1.36. The Morgan fingerprint density at radius 2 is 2.12 bits per heavy atom. The van der Waals surface area contributed by atoms with Gasteiger partial charge in [0, 0.05) is 12.5 Å². The van der Waals surface area contributed by atoms with E-state index >= 15 is 0 Å². The fourth-order valence-corrected chi connectivity index (χ4v) is 1.36. The number of aryl methyl sites for hydroxylation is 1. The van der Waals surface area contributed by atoms with Crippen molar-refractivity contribution in [2.75, 3.05) is 5.73 Å². The van der Waals surface area contributed by atoms with E-state index in [1.54, 1.807) is 12.1 Å². The minimum Gasteiger partial charge on any atom is -0.384 e. The summed E-state index contributed by atoms with van der Waals surface area (Å²) in [7, 11) is 0. The van der Waals surface area contributed by atoms with Crippen LogP contribution in [-0.2, 0) is 0 Å². The Bertz CT molecular complexity index is 546. The first-order valence-electron chi connectivity index (χ1n) is 4.75. The van der Waals surface area contributed by atoms with Gasteiger partial charge in [0.25, 0.3) is 0 Å². The number of pyridine rings is 1. The highest BCUT2D eigenvalue weighted by molar-refractivity contribution is 5.90. The molecule has 0 spiro atoms. The molecule has 2 aromatic heterocycles. The van der Waals surface area contributed by atoms with Crippen LogP contribution in [0, 0.1) is 6.92 Å². The Hall–Kier alpha value is -2.24. The van der Waals surface area contributed by atoms with Crippen LogP contribution in [0.4, 0.5) is 5.82 Å². The molecule has 2 aromatic rings. The number of carbonyl (C=O) groups is 1.